The Morgan fingerprint density at radius 3 is 2.71 bits per heavy atom. The van der Waals surface area contributed by atoms with Crippen LogP contribution in [-0.4, -0.2) is 28.6 Å². The minimum atomic E-state index is -1.78. The molecule has 14 heavy (non-hydrogen) atoms. The van der Waals surface area contributed by atoms with Crippen LogP contribution in [0, 0.1) is 0 Å². The average Bonchev–Trinajstić information content (AvgIpc) is 2.16. The van der Waals surface area contributed by atoms with E-state index >= 15 is 0 Å². The zero-order chi connectivity index (χ0) is 10.1. The highest BCUT2D eigenvalue weighted by molar-refractivity contribution is 6.93. The van der Waals surface area contributed by atoms with Gasteiger partial charge < -0.3 is 10.0 Å². The summed E-state index contributed by atoms with van der Waals surface area (Å²) in [6.07, 6.45) is 0.187. The molecular weight excluding hydrogens is 181 g/mol. The molecule has 0 spiro atoms. The highest BCUT2D eigenvalue weighted by Gasteiger charge is 2.28. The maximum Gasteiger partial charge on any atom is 0.511 e. The standard InChI is InChI=1S/C9H8BNO3/c12-8-5-6-3-1-2-4-7(6)11-9(8)10(13)14/h1-4,13-14H,5H2. The van der Waals surface area contributed by atoms with Crippen LogP contribution < -0.4 is 0 Å². The summed E-state index contributed by atoms with van der Waals surface area (Å²) in [6, 6.07) is 7.16. The Labute approximate surface area is 81.1 Å². The Bertz CT molecular complexity index is 414. The number of hydrogen-bond acceptors (Lipinski definition) is 4. The van der Waals surface area contributed by atoms with Crippen LogP contribution in [0.2, 0.25) is 0 Å². The van der Waals surface area contributed by atoms with E-state index in [0.717, 1.165) is 5.56 Å². The van der Waals surface area contributed by atoms with Crippen molar-refractivity contribution in [3.05, 3.63) is 29.8 Å². The van der Waals surface area contributed by atoms with Crippen molar-refractivity contribution in [1.29, 1.82) is 0 Å². The number of hydrogen-bond donors (Lipinski definition) is 2. The molecule has 0 saturated carbocycles. The first kappa shape index (κ1) is 9.11. The molecular formula is C9H8BNO3. The number of rotatable bonds is 1. The third-order valence-corrected chi connectivity index (χ3v) is 2.11. The van der Waals surface area contributed by atoms with Gasteiger partial charge in [-0.3, -0.25) is 9.79 Å². The summed E-state index contributed by atoms with van der Waals surface area (Å²) in [4.78, 5) is 15.2. The summed E-state index contributed by atoms with van der Waals surface area (Å²) in [5, 5.41) is 17.8. The summed E-state index contributed by atoms with van der Waals surface area (Å²) in [6.45, 7) is 0. The second kappa shape index (κ2) is 3.36. The van der Waals surface area contributed by atoms with Gasteiger partial charge in [-0.1, -0.05) is 18.2 Å². The Kier molecular flexibility index (Phi) is 2.19. The van der Waals surface area contributed by atoms with Crippen LogP contribution in [-0.2, 0) is 11.2 Å². The number of nitrogens with zero attached hydrogens (tertiary/aromatic N) is 1. The van der Waals surface area contributed by atoms with Crippen molar-refractivity contribution in [2.24, 2.45) is 4.99 Å². The SMILES string of the molecule is O=C1Cc2ccccc2N=C1B(O)O. The van der Waals surface area contributed by atoms with Gasteiger partial charge in [-0.15, -0.1) is 0 Å². The molecule has 0 saturated heterocycles. The molecule has 1 aliphatic heterocycles. The first-order chi connectivity index (χ1) is 6.68. The minimum Gasteiger partial charge on any atom is -0.422 e. The van der Waals surface area contributed by atoms with E-state index in [1.165, 1.54) is 0 Å². The van der Waals surface area contributed by atoms with Gasteiger partial charge in [-0.05, 0) is 11.6 Å². The number of fused-ring (bicyclic) bond motifs is 1. The van der Waals surface area contributed by atoms with E-state index in [9.17, 15) is 4.79 Å². The molecule has 0 aromatic heterocycles. The van der Waals surface area contributed by atoms with Crippen LogP contribution in [0.1, 0.15) is 5.56 Å². The van der Waals surface area contributed by atoms with Gasteiger partial charge in [0.25, 0.3) is 0 Å². The molecule has 4 nitrogen and oxygen atoms in total. The van der Waals surface area contributed by atoms with E-state index in [-0.39, 0.29) is 17.8 Å². The van der Waals surface area contributed by atoms with Crippen LogP contribution in [0.4, 0.5) is 5.69 Å². The molecule has 1 aliphatic rings. The average molecular weight is 189 g/mol. The zero-order valence-electron chi connectivity index (χ0n) is 7.34. The fourth-order valence-corrected chi connectivity index (χ4v) is 1.43. The summed E-state index contributed by atoms with van der Waals surface area (Å²) >= 11 is 0. The Morgan fingerprint density at radius 2 is 2.00 bits per heavy atom. The van der Waals surface area contributed by atoms with Crippen molar-refractivity contribution in [1.82, 2.24) is 0 Å². The lowest BCUT2D eigenvalue weighted by Crippen LogP contribution is -2.35. The molecule has 0 atom stereocenters. The smallest absolute Gasteiger partial charge is 0.422 e. The number of Topliss-reactive ketones (excluding diaryl/α,β-unsaturated/α-hetero) is 1. The number of aliphatic imine (C=N–C) groups is 1. The topological polar surface area (TPSA) is 69.9 Å². The Balaban J connectivity index is 2.49. The molecule has 1 aromatic rings. The third-order valence-electron chi connectivity index (χ3n) is 2.11. The van der Waals surface area contributed by atoms with Crippen LogP contribution in [0.25, 0.3) is 0 Å². The molecule has 0 bridgehead atoms. The Morgan fingerprint density at radius 1 is 1.29 bits per heavy atom. The first-order valence-electron chi connectivity index (χ1n) is 4.24. The van der Waals surface area contributed by atoms with Crippen LogP contribution in [0.3, 0.4) is 0 Å². The van der Waals surface area contributed by atoms with Gasteiger partial charge in [0.15, 0.2) is 5.78 Å². The molecule has 0 unspecified atom stereocenters. The maximum absolute atomic E-state index is 11.3. The van der Waals surface area contributed by atoms with Gasteiger partial charge in [-0.2, -0.15) is 0 Å². The summed E-state index contributed by atoms with van der Waals surface area (Å²) in [5.41, 5.74) is 1.28. The fourth-order valence-electron chi connectivity index (χ4n) is 1.43. The number of ketones is 1. The summed E-state index contributed by atoms with van der Waals surface area (Å²) < 4.78 is 0. The van der Waals surface area contributed by atoms with Crippen molar-refractivity contribution >= 4 is 24.2 Å². The summed E-state index contributed by atoms with van der Waals surface area (Å²) in [7, 11) is -1.78. The predicted molar refractivity (Wildman–Crippen MR) is 52.4 cm³/mol. The van der Waals surface area contributed by atoms with Crippen molar-refractivity contribution in [2.45, 2.75) is 6.42 Å². The number of carbonyl (C=O) groups excluding carboxylic acids is 1. The van der Waals surface area contributed by atoms with Crippen molar-refractivity contribution < 1.29 is 14.8 Å². The van der Waals surface area contributed by atoms with Gasteiger partial charge in [0, 0.05) is 6.42 Å². The van der Waals surface area contributed by atoms with E-state index in [4.69, 9.17) is 10.0 Å². The molecule has 0 aliphatic carbocycles. The zero-order valence-corrected chi connectivity index (χ0v) is 7.34. The molecule has 2 N–H and O–H groups in total. The van der Waals surface area contributed by atoms with E-state index in [1.54, 1.807) is 18.2 Å². The lowest BCUT2D eigenvalue weighted by molar-refractivity contribution is -0.112. The highest BCUT2D eigenvalue weighted by Crippen LogP contribution is 2.23. The fraction of sp³-hybridized carbons (Fsp3) is 0.111. The molecule has 2 rings (SSSR count). The molecule has 0 fully saturated rings. The summed E-state index contributed by atoms with van der Waals surface area (Å²) in [5.74, 6) is -0.335. The van der Waals surface area contributed by atoms with Gasteiger partial charge in [-0.25, -0.2) is 0 Å². The largest absolute Gasteiger partial charge is 0.511 e. The highest BCUT2D eigenvalue weighted by atomic mass is 16.4. The van der Waals surface area contributed by atoms with E-state index in [0.29, 0.717) is 5.69 Å². The molecule has 1 aromatic carbocycles. The Hall–Kier alpha value is -1.46. The van der Waals surface area contributed by atoms with Crippen molar-refractivity contribution in [2.75, 3.05) is 0 Å². The normalized spacial score (nSPS) is 14.7. The molecule has 0 radical (unpaired) electrons. The van der Waals surface area contributed by atoms with Crippen LogP contribution in [0.5, 0.6) is 0 Å². The van der Waals surface area contributed by atoms with Crippen molar-refractivity contribution in [3.8, 4) is 0 Å². The second-order valence-electron chi connectivity index (χ2n) is 3.10. The second-order valence-corrected chi connectivity index (χ2v) is 3.10. The van der Waals surface area contributed by atoms with E-state index < -0.39 is 7.12 Å². The maximum atomic E-state index is 11.3. The first-order valence-corrected chi connectivity index (χ1v) is 4.24. The van der Waals surface area contributed by atoms with Gasteiger partial charge >= 0.3 is 7.12 Å². The van der Waals surface area contributed by atoms with Gasteiger partial charge in [0.05, 0.1) is 5.69 Å². The number of carbonyl (C=O) groups is 1. The molecule has 1 heterocycles. The van der Waals surface area contributed by atoms with Crippen LogP contribution >= 0.6 is 0 Å². The van der Waals surface area contributed by atoms with Crippen LogP contribution in [0.15, 0.2) is 29.3 Å². The lowest BCUT2D eigenvalue weighted by Gasteiger charge is -2.13. The van der Waals surface area contributed by atoms with E-state index in [1.807, 2.05) is 6.07 Å². The molecule has 0 amide bonds. The third kappa shape index (κ3) is 1.47. The van der Waals surface area contributed by atoms with E-state index in [2.05, 4.69) is 4.99 Å². The minimum absolute atomic E-state index is 0.177. The number of benzene rings is 1. The van der Waals surface area contributed by atoms with Gasteiger partial charge in [0.2, 0.25) is 0 Å². The monoisotopic (exact) mass is 189 g/mol. The quantitative estimate of drug-likeness (QED) is 0.605. The number of para-hydroxylation sites is 1. The lowest BCUT2D eigenvalue weighted by atomic mass is 9.77. The molecule has 70 valence electrons. The van der Waals surface area contributed by atoms with Crippen molar-refractivity contribution in [3.63, 3.8) is 0 Å². The molecule has 5 heteroatoms. The van der Waals surface area contributed by atoms with Gasteiger partial charge in [0.1, 0.15) is 5.61 Å². The predicted octanol–water partition coefficient (Wildman–Crippen LogP) is -0.104.